The SMILES string of the molecule is CCOC.Cc1c(C=O)sc2nc(-c3cccs3)[nH]c(=O)c12. The monoisotopic (exact) mass is 336 g/mol. The number of fused-ring (bicyclic) bond motifs is 1. The van der Waals surface area contributed by atoms with Crippen molar-refractivity contribution < 1.29 is 9.53 Å². The van der Waals surface area contributed by atoms with Crippen LogP contribution in [-0.2, 0) is 4.74 Å². The predicted octanol–water partition coefficient (Wildman–Crippen LogP) is 3.49. The Labute approximate surface area is 135 Å². The van der Waals surface area contributed by atoms with Crippen molar-refractivity contribution in [2.45, 2.75) is 13.8 Å². The second-order valence-corrected chi connectivity index (χ2v) is 6.34. The van der Waals surface area contributed by atoms with Gasteiger partial charge in [0, 0.05) is 13.7 Å². The summed E-state index contributed by atoms with van der Waals surface area (Å²) >= 11 is 2.77. The second-order valence-electron chi connectivity index (χ2n) is 4.36. The number of methoxy groups -OCH3 is 1. The van der Waals surface area contributed by atoms with Gasteiger partial charge in [-0.15, -0.1) is 22.7 Å². The van der Waals surface area contributed by atoms with Gasteiger partial charge in [-0.25, -0.2) is 4.98 Å². The Morgan fingerprint density at radius 1 is 1.45 bits per heavy atom. The van der Waals surface area contributed by atoms with E-state index in [1.54, 1.807) is 14.0 Å². The summed E-state index contributed by atoms with van der Waals surface area (Å²) in [5.74, 6) is 0.557. The topological polar surface area (TPSA) is 72.0 Å². The number of rotatable bonds is 3. The van der Waals surface area contributed by atoms with Crippen LogP contribution in [-0.4, -0.2) is 30.0 Å². The molecular weight excluding hydrogens is 320 g/mol. The molecule has 3 heterocycles. The number of carbonyl (C=O) groups is 1. The average molecular weight is 336 g/mol. The minimum absolute atomic E-state index is 0.190. The van der Waals surface area contributed by atoms with Crippen LogP contribution in [0.4, 0.5) is 0 Å². The van der Waals surface area contributed by atoms with E-state index in [1.807, 2.05) is 24.4 Å². The minimum Gasteiger partial charge on any atom is -0.385 e. The highest BCUT2D eigenvalue weighted by Gasteiger charge is 2.14. The van der Waals surface area contributed by atoms with Crippen LogP contribution in [0.5, 0.6) is 0 Å². The van der Waals surface area contributed by atoms with Crippen molar-refractivity contribution in [2.24, 2.45) is 0 Å². The highest BCUT2D eigenvalue weighted by Crippen LogP contribution is 2.28. The molecule has 7 heteroatoms. The fraction of sp³-hybridized carbons (Fsp3) is 0.267. The van der Waals surface area contributed by atoms with Crippen LogP contribution < -0.4 is 5.56 Å². The number of aldehydes is 1. The first-order valence-electron chi connectivity index (χ1n) is 6.63. The van der Waals surface area contributed by atoms with E-state index in [2.05, 4.69) is 14.7 Å². The van der Waals surface area contributed by atoms with Gasteiger partial charge >= 0.3 is 0 Å². The molecule has 0 radical (unpaired) electrons. The molecule has 0 saturated heterocycles. The standard InChI is InChI=1S/C12H8N2O2S2.C3H8O/c1-6-8(5-15)18-12-9(6)11(16)13-10(14-12)7-3-2-4-17-7;1-3-4-2/h2-5H,1H3,(H,13,14,16);3H2,1-2H3. The lowest BCUT2D eigenvalue weighted by molar-refractivity contribution is 0.112. The summed E-state index contributed by atoms with van der Waals surface area (Å²) in [4.78, 5) is 32.2. The van der Waals surface area contributed by atoms with Crippen LogP contribution in [0.1, 0.15) is 22.2 Å². The molecular formula is C15H16N2O3S2. The second kappa shape index (κ2) is 7.44. The summed E-state index contributed by atoms with van der Waals surface area (Å²) in [6.45, 7) is 4.55. The zero-order valence-corrected chi connectivity index (χ0v) is 14.1. The Balaban J connectivity index is 0.000000396. The Morgan fingerprint density at radius 2 is 2.18 bits per heavy atom. The Hall–Kier alpha value is -1.83. The van der Waals surface area contributed by atoms with Crippen molar-refractivity contribution in [3.8, 4) is 10.7 Å². The molecule has 0 bridgehead atoms. The first-order chi connectivity index (χ1) is 10.6. The van der Waals surface area contributed by atoms with Crippen molar-refractivity contribution in [2.75, 3.05) is 13.7 Å². The van der Waals surface area contributed by atoms with E-state index in [1.165, 1.54) is 22.7 Å². The first kappa shape index (κ1) is 16.5. The molecule has 116 valence electrons. The number of aromatic amines is 1. The molecule has 1 N–H and O–H groups in total. The Kier molecular flexibility index (Phi) is 5.59. The number of thiophene rings is 2. The first-order valence-corrected chi connectivity index (χ1v) is 8.33. The Morgan fingerprint density at radius 3 is 2.73 bits per heavy atom. The lowest BCUT2D eigenvalue weighted by Crippen LogP contribution is -2.08. The molecule has 0 unspecified atom stereocenters. The van der Waals surface area contributed by atoms with Gasteiger partial charge in [0.2, 0.25) is 0 Å². The van der Waals surface area contributed by atoms with Crippen LogP contribution in [0.25, 0.3) is 20.9 Å². The van der Waals surface area contributed by atoms with E-state index >= 15 is 0 Å². The van der Waals surface area contributed by atoms with Crippen molar-refractivity contribution in [3.05, 3.63) is 38.3 Å². The lowest BCUT2D eigenvalue weighted by atomic mass is 10.2. The third-order valence-electron chi connectivity index (χ3n) is 2.99. The predicted molar refractivity (Wildman–Crippen MR) is 91.2 cm³/mol. The maximum atomic E-state index is 12.0. The number of hydrogen-bond donors (Lipinski definition) is 1. The molecule has 3 rings (SSSR count). The Bertz CT molecular complexity index is 817. The molecule has 0 fully saturated rings. The van der Waals surface area contributed by atoms with Crippen molar-refractivity contribution in [3.63, 3.8) is 0 Å². The maximum Gasteiger partial charge on any atom is 0.260 e. The largest absolute Gasteiger partial charge is 0.385 e. The van der Waals surface area contributed by atoms with Crippen LogP contribution >= 0.6 is 22.7 Å². The quantitative estimate of drug-likeness (QED) is 0.743. The highest BCUT2D eigenvalue weighted by molar-refractivity contribution is 7.20. The summed E-state index contributed by atoms with van der Waals surface area (Å²) in [7, 11) is 1.68. The zero-order valence-electron chi connectivity index (χ0n) is 12.5. The van der Waals surface area contributed by atoms with Gasteiger partial charge in [0.1, 0.15) is 4.83 Å². The smallest absolute Gasteiger partial charge is 0.260 e. The molecule has 0 saturated carbocycles. The number of hydrogen-bond acceptors (Lipinski definition) is 6. The molecule has 22 heavy (non-hydrogen) atoms. The third-order valence-corrected chi connectivity index (χ3v) is 4.98. The normalized spacial score (nSPS) is 10.3. The third kappa shape index (κ3) is 3.32. The van der Waals surface area contributed by atoms with Gasteiger partial charge in [-0.2, -0.15) is 0 Å². The zero-order chi connectivity index (χ0) is 16.1. The molecule has 0 spiro atoms. The van der Waals surface area contributed by atoms with Crippen LogP contribution in [0.15, 0.2) is 22.3 Å². The molecule has 3 aromatic rings. The molecule has 0 aliphatic heterocycles. The number of aromatic nitrogens is 2. The van der Waals surface area contributed by atoms with Gasteiger partial charge in [0.15, 0.2) is 12.1 Å². The van der Waals surface area contributed by atoms with Crippen LogP contribution in [0.3, 0.4) is 0 Å². The molecule has 0 aliphatic rings. The fourth-order valence-electron chi connectivity index (χ4n) is 1.80. The fourth-order valence-corrected chi connectivity index (χ4v) is 3.47. The molecule has 0 aliphatic carbocycles. The van der Waals surface area contributed by atoms with E-state index in [9.17, 15) is 9.59 Å². The van der Waals surface area contributed by atoms with E-state index in [0.717, 1.165) is 17.8 Å². The molecule has 3 aromatic heterocycles. The van der Waals surface area contributed by atoms with E-state index < -0.39 is 0 Å². The van der Waals surface area contributed by atoms with Crippen molar-refractivity contribution in [1.82, 2.24) is 9.97 Å². The molecule has 0 aromatic carbocycles. The molecule has 0 atom stereocenters. The highest BCUT2D eigenvalue weighted by atomic mass is 32.1. The van der Waals surface area contributed by atoms with Gasteiger partial charge in [-0.3, -0.25) is 9.59 Å². The van der Waals surface area contributed by atoms with Crippen molar-refractivity contribution in [1.29, 1.82) is 0 Å². The van der Waals surface area contributed by atoms with E-state index in [-0.39, 0.29) is 5.56 Å². The van der Waals surface area contributed by atoms with Gasteiger partial charge in [0.25, 0.3) is 5.56 Å². The molecule has 0 amide bonds. The van der Waals surface area contributed by atoms with Gasteiger partial charge < -0.3 is 9.72 Å². The van der Waals surface area contributed by atoms with E-state index in [0.29, 0.717) is 26.5 Å². The van der Waals surface area contributed by atoms with Gasteiger partial charge in [-0.05, 0) is 30.9 Å². The summed E-state index contributed by atoms with van der Waals surface area (Å²) in [5.41, 5.74) is 0.515. The number of nitrogens with zero attached hydrogens (tertiary/aromatic N) is 1. The number of aryl methyl sites for hydroxylation is 1. The summed E-state index contributed by atoms with van der Waals surface area (Å²) < 4.78 is 4.54. The number of H-pyrrole nitrogens is 1. The number of nitrogens with one attached hydrogen (secondary N) is 1. The average Bonchev–Trinajstić information content (AvgIpc) is 3.15. The summed E-state index contributed by atoms with van der Waals surface area (Å²) in [5, 5.41) is 2.44. The van der Waals surface area contributed by atoms with Crippen LogP contribution in [0, 0.1) is 6.92 Å². The lowest BCUT2D eigenvalue weighted by Gasteiger charge is -1.97. The van der Waals surface area contributed by atoms with Crippen LogP contribution in [0.2, 0.25) is 0 Å². The number of carbonyl (C=O) groups excluding carboxylic acids is 1. The van der Waals surface area contributed by atoms with Gasteiger partial charge in [0.05, 0.1) is 15.1 Å². The number of ether oxygens (including phenoxy) is 1. The molecule has 5 nitrogen and oxygen atoms in total. The van der Waals surface area contributed by atoms with Crippen molar-refractivity contribution >= 4 is 39.2 Å². The minimum atomic E-state index is -0.190. The van der Waals surface area contributed by atoms with Gasteiger partial charge in [-0.1, -0.05) is 6.07 Å². The summed E-state index contributed by atoms with van der Waals surface area (Å²) in [6.07, 6.45) is 0.770. The maximum absolute atomic E-state index is 12.0. The summed E-state index contributed by atoms with van der Waals surface area (Å²) in [6, 6.07) is 3.80. The van der Waals surface area contributed by atoms with E-state index in [4.69, 9.17) is 0 Å².